The fraction of sp³-hybridized carbons (Fsp3) is 0.364. The van der Waals surface area contributed by atoms with Crippen LogP contribution in [0.15, 0.2) is 73.3 Å². The number of rotatable bonds is 10. The van der Waals surface area contributed by atoms with Gasteiger partial charge in [0.1, 0.15) is 5.60 Å². The topological polar surface area (TPSA) is 21.3 Å². The van der Waals surface area contributed by atoms with E-state index in [2.05, 4.69) is 86.4 Å². The molecule has 0 saturated carbocycles. The molecule has 2 aromatic rings. The lowest BCUT2D eigenvalue weighted by Gasteiger charge is -2.40. The molecule has 0 saturated heterocycles. The summed E-state index contributed by atoms with van der Waals surface area (Å²) in [6.07, 6.45) is 2.92. The SMILES string of the molecule is C=CCCNCC(C)C(OCC)(c1ccccc1)c1ccccc1. The van der Waals surface area contributed by atoms with Crippen LogP contribution in [0.2, 0.25) is 0 Å². The molecule has 0 bridgehead atoms. The van der Waals surface area contributed by atoms with Crippen LogP contribution in [0.4, 0.5) is 0 Å². The summed E-state index contributed by atoms with van der Waals surface area (Å²) in [5.41, 5.74) is 1.96. The van der Waals surface area contributed by atoms with Crippen LogP contribution in [0.3, 0.4) is 0 Å². The van der Waals surface area contributed by atoms with Gasteiger partial charge in [0.25, 0.3) is 0 Å². The zero-order valence-corrected chi connectivity index (χ0v) is 14.9. The van der Waals surface area contributed by atoms with E-state index in [1.54, 1.807) is 0 Å². The molecule has 2 rings (SSSR count). The van der Waals surface area contributed by atoms with E-state index in [-0.39, 0.29) is 5.92 Å². The smallest absolute Gasteiger partial charge is 0.122 e. The summed E-state index contributed by atoms with van der Waals surface area (Å²) in [6.45, 7) is 10.6. The fourth-order valence-corrected chi connectivity index (χ4v) is 3.31. The maximum atomic E-state index is 6.46. The third-order valence-electron chi connectivity index (χ3n) is 4.45. The van der Waals surface area contributed by atoms with Gasteiger partial charge in [0, 0.05) is 19.1 Å². The predicted octanol–water partition coefficient (Wildman–Crippen LogP) is 4.77. The molecule has 0 radical (unpaired) electrons. The largest absolute Gasteiger partial charge is 0.365 e. The molecule has 1 unspecified atom stereocenters. The van der Waals surface area contributed by atoms with Crippen molar-refractivity contribution in [2.75, 3.05) is 19.7 Å². The highest BCUT2D eigenvalue weighted by molar-refractivity contribution is 5.37. The first-order valence-electron chi connectivity index (χ1n) is 8.82. The third-order valence-corrected chi connectivity index (χ3v) is 4.45. The zero-order valence-electron chi connectivity index (χ0n) is 14.9. The van der Waals surface area contributed by atoms with E-state index in [1.165, 1.54) is 11.1 Å². The Morgan fingerprint density at radius 2 is 1.58 bits per heavy atom. The van der Waals surface area contributed by atoms with E-state index in [1.807, 2.05) is 6.08 Å². The van der Waals surface area contributed by atoms with Gasteiger partial charge in [0.05, 0.1) is 0 Å². The van der Waals surface area contributed by atoms with Gasteiger partial charge in [-0.25, -0.2) is 0 Å². The highest BCUT2D eigenvalue weighted by atomic mass is 16.5. The van der Waals surface area contributed by atoms with Crippen molar-refractivity contribution in [3.8, 4) is 0 Å². The highest BCUT2D eigenvalue weighted by Crippen LogP contribution is 2.40. The summed E-state index contributed by atoms with van der Waals surface area (Å²) >= 11 is 0. The van der Waals surface area contributed by atoms with Crippen molar-refractivity contribution in [1.82, 2.24) is 5.32 Å². The van der Waals surface area contributed by atoms with Crippen molar-refractivity contribution in [3.63, 3.8) is 0 Å². The van der Waals surface area contributed by atoms with Gasteiger partial charge in [-0.05, 0) is 31.0 Å². The van der Waals surface area contributed by atoms with Gasteiger partial charge in [-0.2, -0.15) is 0 Å². The van der Waals surface area contributed by atoms with Crippen LogP contribution in [0.1, 0.15) is 31.4 Å². The molecule has 0 spiro atoms. The van der Waals surface area contributed by atoms with Gasteiger partial charge in [-0.1, -0.05) is 73.7 Å². The second-order valence-electron chi connectivity index (χ2n) is 6.08. The molecule has 0 aliphatic rings. The van der Waals surface area contributed by atoms with Gasteiger partial charge >= 0.3 is 0 Å². The fourth-order valence-electron chi connectivity index (χ4n) is 3.31. The second-order valence-corrected chi connectivity index (χ2v) is 6.08. The summed E-state index contributed by atoms with van der Waals surface area (Å²) in [6, 6.07) is 21.1. The zero-order chi connectivity index (χ0) is 17.3. The quantitative estimate of drug-likeness (QED) is 0.502. The van der Waals surface area contributed by atoms with E-state index in [9.17, 15) is 0 Å². The van der Waals surface area contributed by atoms with Gasteiger partial charge in [-0.3, -0.25) is 0 Å². The van der Waals surface area contributed by atoms with Crippen LogP contribution in [0, 0.1) is 5.92 Å². The average Bonchev–Trinajstić information content (AvgIpc) is 2.64. The van der Waals surface area contributed by atoms with Crippen LogP contribution in [0.25, 0.3) is 0 Å². The van der Waals surface area contributed by atoms with Crippen LogP contribution < -0.4 is 5.32 Å². The Labute approximate surface area is 146 Å². The minimum atomic E-state index is -0.446. The molecule has 2 heteroatoms. The van der Waals surface area contributed by atoms with E-state index in [4.69, 9.17) is 4.74 Å². The Morgan fingerprint density at radius 1 is 1.04 bits per heavy atom. The van der Waals surface area contributed by atoms with Crippen LogP contribution in [0.5, 0.6) is 0 Å². The van der Waals surface area contributed by atoms with E-state index >= 15 is 0 Å². The van der Waals surface area contributed by atoms with Crippen LogP contribution in [-0.2, 0) is 10.3 Å². The molecule has 0 amide bonds. The highest BCUT2D eigenvalue weighted by Gasteiger charge is 2.40. The normalized spacial score (nSPS) is 12.8. The van der Waals surface area contributed by atoms with E-state index in [0.717, 1.165) is 19.5 Å². The number of benzene rings is 2. The minimum Gasteiger partial charge on any atom is -0.365 e. The third kappa shape index (κ3) is 4.14. The Morgan fingerprint density at radius 3 is 2.04 bits per heavy atom. The second kappa shape index (κ2) is 9.41. The number of nitrogens with one attached hydrogen (secondary N) is 1. The van der Waals surface area contributed by atoms with Gasteiger partial charge < -0.3 is 10.1 Å². The molecule has 1 atom stereocenters. The number of ether oxygens (including phenoxy) is 1. The first-order valence-corrected chi connectivity index (χ1v) is 8.82. The summed E-state index contributed by atoms with van der Waals surface area (Å²) in [5.74, 6) is 0.284. The molecule has 0 aliphatic heterocycles. The summed E-state index contributed by atoms with van der Waals surface area (Å²) < 4.78 is 6.46. The molecule has 0 aliphatic carbocycles. The molecule has 24 heavy (non-hydrogen) atoms. The lowest BCUT2D eigenvalue weighted by Crippen LogP contribution is -2.43. The Bertz CT molecular complexity index is 554. The van der Waals surface area contributed by atoms with Crippen molar-refractivity contribution < 1.29 is 4.74 Å². The summed E-state index contributed by atoms with van der Waals surface area (Å²) in [5, 5.41) is 3.54. The monoisotopic (exact) mass is 323 g/mol. The maximum absolute atomic E-state index is 6.46. The molecule has 0 heterocycles. The molecule has 1 N–H and O–H groups in total. The van der Waals surface area contributed by atoms with Crippen molar-refractivity contribution >= 4 is 0 Å². The Balaban J connectivity index is 2.40. The summed E-state index contributed by atoms with van der Waals surface area (Å²) in [7, 11) is 0. The molecule has 0 aromatic heterocycles. The number of hydrogen-bond donors (Lipinski definition) is 1. The lowest BCUT2D eigenvalue weighted by atomic mass is 9.76. The number of hydrogen-bond acceptors (Lipinski definition) is 2. The molecular weight excluding hydrogens is 294 g/mol. The molecule has 0 fully saturated rings. The first-order chi connectivity index (χ1) is 11.8. The van der Waals surface area contributed by atoms with Crippen LogP contribution >= 0.6 is 0 Å². The van der Waals surface area contributed by atoms with E-state index < -0.39 is 5.60 Å². The minimum absolute atomic E-state index is 0.284. The van der Waals surface area contributed by atoms with Gasteiger partial charge in [0.15, 0.2) is 0 Å². The molecule has 128 valence electrons. The first kappa shape index (κ1) is 18.4. The Hall–Kier alpha value is -1.90. The molecule has 2 aromatic carbocycles. The standard InChI is InChI=1S/C22H29NO/c1-4-6-17-23-18-19(3)22(24-5-2,20-13-9-7-10-14-20)21-15-11-8-12-16-21/h4,7-16,19,23H,1,5-6,17-18H2,2-3H3. The van der Waals surface area contributed by atoms with Gasteiger partial charge in [-0.15, -0.1) is 6.58 Å². The molecular formula is C22H29NO. The maximum Gasteiger partial charge on any atom is 0.122 e. The summed E-state index contributed by atoms with van der Waals surface area (Å²) in [4.78, 5) is 0. The molecule has 2 nitrogen and oxygen atoms in total. The van der Waals surface area contributed by atoms with Crippen molar-refractivity contribution in [2.24, 2.45) is 5.92 Å². The van der Waals surface area contributed by atoms with Crippen molar-refractivity contribution in [2.45, 2.75) is 25.9 Å². The lowest BCUT2D eigenvalue weighted by molar-refractivity contribution is -0.0506. The van der Waals surface area contributed by atoms with Gasteiger partial charge in [0.2, 0.25) is 0 Å². The van der Waals surface area contributed by atoms with Crippen molar-refractivity contribution in [3.05, 3.63) is 84.4 Å². The van der Waals surface area contributed by atoms with E-state index in [0.29, 0.717) is 6.61 Å². The van der Waals surface area contributed by atoms with Crippen molar-refractivity contribution in [1.29, 1.82) is 0 Å². The predicted molar refractivity (Wildman–Crippen MR) is 102 cm³/mol. The Kier molecular flexibility index (Phi) is 7.23. The van der Waals surface area contributed by atoms with Crippen LogP contribution in [-0.4, -0.2) is 19.7 Å². The average molecular weight is 323 g/mol.